The summed E-state index contributed by atoms with van der Waals surface area (Å²) in [6, 6.07) is 13.2. The first kappa shape index (κ1) is 25.6. The molecule has 1 aromatic carbocycles. The number of halogens is 1. The maximum absolute atomic E-state index is 5.65. The SMILES string of the molecule is CN=C(NCc1ccnc(N2CCOC(C)C2)c1)NC(C)c1cccc(N2CCCC2)c1.I. The van der Waals surface area contributed by atoms with Crippen molar-refractivity contribution in [1.29, 1.82) is 0 Å². The van der Waals surface area contributed by atoms with Gasteiger partial charge in [0.05, 0.1) is 18.8 Å². The normalized spacial score (nSPS) is 19.7. The van der Waals surface area contributed by atoms with Crippen LogP contribution >= 0.6 is 24.0 Å². The molecule has 0 spiro atoms. The highest BCUT2D eigenvalue weighted by atomic mass is 127. The zero-order valence-electron chi connectivity index (χ0n) is 20.0. The van der Waals surface area contributed by atoms with Gasteiger partial charge in [-0.2, -0.15) is 0 Å². The van der Waals surface area contributed by atoms with Gasteiger partial charge in [0.25, 0.3) is 0 Å². The summed E-state index contributed by atoms with van der Waals surface area (Å²) >= 11 is 0. The van der Waals surface area contributed by atoms with E-state index in [9.17, 15) is 0 Å². The van der Waals surface area contributed by atoms with E-state index in [1.165, 1.54) is 29.7 Å². The lowest BCUT2D eigenvalue weighted by atomic mass is 10.1. The Morgan fingerprint density at radius 1 is 1.18 bits per heavy atom. The van der Waals surface area contributed by atoms with Crippen LogP contribution in [0.3, 0.4) is 0 Å². The zero-order chi connectivity index (χ0) is 22.3. The van der Waals surface area contributed by atoms with E-state index >= 15 is 0 Å². The van der Waals surface area contributed by atoms with E-state index in [1.807, 2.05) is 13.2 Å². The Balaban J connectivity index is 0.00000306. The van der Waals surface area contributed by atoms with Crippen molar-refractivity contribution >= 4 is 41.4 Å². The lowest BCUT2D eigenvalue weighted by Gasteiger charge is -2.32. The Morgan fingerprint density at radius 2 is 2.00 bits per heavy atom. The van der Waals surface area contributed by atoms with Gasteiger partial charge < -0.3 is 25.2 Å². The highest BCUT2D eigenvalue weighted by Gasteiger charge is 2.18. The number of rotatable bonds is 6. The minimum absolute atomic E-state index is 0. The predicted octanol–water partition coefficient (Wildman–Crippen LogP) is 3.95. The molecule has 0 aliphatic carbocycles. The van der Waals surface area contributed by atoms with Gasteiger partial charge in [-0.15, -0.1) is 24.0 Å². The number of anilines is 2. The molecular formula is C25H37IN6O. The molecule has 2 aliphatic rings. The fraction of sp³-hybridized carbons (Fsp3) is 0.520. The van der Waals surface area contributed by atoms with E-state index < -0.39 is 0 Å². The van der Waals surface area contributed by atoms with E-state index in [2.05, 4.69) is 80.7 Å². The van der Waals surface area contributed by atoms with Gasteiger partial charge >= 0.3 is 0 Å². The molecule has 0 radical (unpaired) electrons. The van der Waals surface area contributed by atoms with Crippen molar-refractivity contribution in [3.63, 3.8) is 0 Å². The summed E-state index contributed by atoms with van der Waals surface area (Å²) < 4.78 is 5.65. The van der Waals surface area contributed by atoms with Crippen LogP contribution in [0.2, 0.25) is 0 Å². The van der Waals surface area contributed by atoms with E-state index in [4.69, 9.17) is 4.74 Å². The van der Waals surface area contributed by atoms with Gasteiger partial charge in [0, 0.05) is 51.7 Å². The minimum Gasteiger partial charge on any atom is -0.375 e. The maximum Gasteiger partial charge on any atom is 0.191 e. The number of hydrogen-bond acceptors (Lipinski definition) is 5. The maximum atomic E-state index is 5.65. The summed E-state index contributed by atoms with van der Waals surface area (Å²) in [6.07, 6.45) is 4.70. The Bertz CT molecular complexity index is 917. The predicted molar refractivity (Wildman–Crippen MR) is 147 cm³/mol. The van der Waals surface area contributed by atoms with Crippen molar-refractivity contribution < 1.29 is 4.74 Å². The molecule has 0 amide bonds. The highest BCUT2D eigenvalue weighted by molar-refractivity contribution is 14.0. The van der Waals surface area contributed by atoms with Crippen LogP contribution in [-0.4, -0.2) is 56.9 Å². The topological polar surface area (TPSA) is 65.0 Å². The molecule has 2 atom stereocenters. The standard InChI is InChI=1S/C25H36N6O.HI/c1-19-18-31(13-14-32-19)24-15-21(9-10-27-24)17-28-25(26-3)29-20(2)22-7-6-8-23(16-22)30-11-4-5-12-30;/h6-10,15-16,19-20H,4-5,11-14,17-18H2,1-3H3,(H2,26,28,29);1H. The molecule has 2 fully saturated rings. The summed E-state index contributed by atoms with van der Waals surface area (Å²) in [5.74, 6) is 1.80. The van der Waals surface area contributed by atoms with Crippen LogP contribution in [-0.2, 0) is 11.3 Å². The van der Waals surface area contributed by atoms with Gasteiger partial charge in [0.15, 0.2) is 5.96 Å². The summed E-state index contributed by atoms with van der Waals surface area (Å²) in [6.45, 7) is 9.80. The number of benzene rings is 1. The van der Waals surface area contributed by atoms with Gasteiger partial charge in [-0.1, -0.05) is 12.1 Å². The van der Waals surface area contributed by atoms with Crippen LogP contribution < -0.4 is 20.4 Å². The van der Waals surface area contributed by atoms with E-state index in [0.29, 0.717) is 6.54 Å². The number of aromatic nitrogens is 1. The van der Waals surface area contributed by atoms with Crippen LogP contribution in [0.1, 0.15) is 43.9 Å². The van der Waals surface area contributed by atoms with E-state index in [1.54, 1.807) is 0 Å². The zero-order valence-corrected chi connectivity index (χ0v) is 22.3. The fourth-order valence-electron chi connectivity index (χ4n) is 4.40. The average molecular weight is 565 g/mol. The molecule has 2 N–H and O–H groups in total. The Kier molecular flexibility index (Phi) is 9.61. The minimum atomic E-state index is 0. The van der Waals surface area contributed by atoms with Gasteiger partial charge in [-0.25, -0.2) is 4.98 Å². The molecular weight excluding hydrogens is 527 g/mol. The van der Waals surface area contributed by atoms with Gasteiger partial charge in [-0.05, 0) is 62.1 Å². The monoisotopic (exact) mass is 564 g/mol. The van der Waals surface area contributed by atoms with Crippen molar-refractivity contribution in [1.82, 2.24) is 15.6 Å². The summed E-state index contributed by atoms with van der Waals surface area (Å²) in [4.78, 5) is 13.8. The molecule has 33 heavy (non-hydrogen) atoms. The number of hydrogen-bond donors (Lipinski definition) is 2. The number of nitrogens with zero attached hydrogens (tertiary/aromatic N) is 4. The van der Waals surface area contributed by atoms with Crippen LogP contribution in [0.25, 0.3) is 0 Å². The first-order valence-corrected chi connectivity index (χ1v) is 11.8. The van der Waals surface area contributed by atoms with Crippen molar-refractivity contribution in [3.8, 4) is 0 Å². The molecule has 4 rings (SSSR count). The molecule has 1 aromatic heterocycles. The smallest absolute Gasteiger partial charge is 0.191 e. The molecule has 2 aromatic rings. The largest absolute Gasteiger partial charge is 0.375 e. The highest BCUT2D eigenvalue weighted by Crippen LogP contribution is 2.24. The molecule has 2 unspecified atom stereocenters. The molecule has 0 saturated carbocycles. The second-order valence-electron chi connectivity index (χ2n) is 8.73. The second-order valence-corrected chi connectivity index (χ2v) is 8.73. The molecule has 8 heteroatoms. The lowest BCUT2D eigenvalue weighted by Crippen LogP contribution is -2.41. The first-order valence-electron chi connectivity index (χ1n) is 11.8. The molecule has 0 bridgehead atoms. The summed E-state index contributed by atoms with van der Waals surface area (Å²) in [7, 11) is 1.82. The van der Waals surface area contributed by atoms with Crippen molar-refractivity contribution in [2.24, 2.45) is 4.99 Å². The van der Waals surface area contributed by atoms with Gasteiger partial charge in [-0.3, -0.25) is 4.99 Å². The average Bonchev–Trinajstić information content (AvgIpc) is 3.37. The van der Waals surface area contributed by atoms with E-state index in [-0.39, 0.29) is 36.1 Å². The van der Waals surface area contributed by atoms with Crippen molar-refractivity contribution in [3.05, 3.63) is 53.7 Å². The third kappa shape index (κ3) is 6.96. The molecule has 180 valence electrons. The number of ether oxygens (including phenoxy) is 1. The number of pyridine rings is 1. The van der Waals surface area contributed by atoms with Crippen LogP contribution in [0.15, 0.2) is 47.6 Å². The lowest BCUT2D eigenvalue weighted by molar-refractivity contribution is 0.0529. The van der Waals surface area contributed by atoms with Crippen molar-refractivity contribution in [2.45, 2.75) is 45.4 Å². The van der Waals surface area contributed by atoms with Crippen LogP contribution in [0.4, 0.5) is 11.5 Å². The quantitative estimate of drug-likeness (QED) is 0.315. The van der Waals surface area contributed by atoms with Crippen LogP contribution in [0, 0.1) is 0 Å². The third-order valence-corrected chi connectivity index (χ3v) is 6.25. The number of aliphatic imine (C=N–C) groups is 1. The molecule has 7 nitrogen and oxygen atoms in total. The van der Waals surface area contributed by atoms with Crippen LogP contribution in [0.5, 0.6) is 0 Å². The third-order valence-electron chi connectivity index (χ3n) is 6.25. The molecule has 2 aliphatic heterocycles. The van der Waals surface area contributed by atoms with E-state index in [0.717, 1.165) is 44.6 Å². The summed E-state index contributed by atoms with van der Waals surface area (Å²) in [5, 5.41) is 6.99. The summed E-state index contributed by atoms with van der Waals surface area (Å²) in [5.41, 5.74) is 3.77. The molecule has 2 saturated heterocycles. The van der Waals surface area contributed by atoms with Crippen molar-refractivity contribution in [2.75, 3.05) is 49.6 Å². The Labute approximate surface area is 215 Å². The Morgan fingerprint density at radius 3 is 2.76 bits per heavy atom. The molecule has 3 heterocycles. The second kappa shape index (κ2) is 12.4. The first-order chi connectivity index (χ1) is 15.6. The van der Waals surface area contributed by atoms with Gasteiger partial charge in [0.2, 0.25) is 0 Å². The number of morpholine rings is 1. The fourth-order valence-corrected chi connectivity index (χ4v) is 4.40. The number of guanidine groups is 1. The van der Waals surface area contributed by atoms with Gasteiger partial charge in [0.1, 0.15) is 5.82 Å². The Hall–Kier alpha value is -2.07. The number of nitrogens with one attached hydrogen (secondary N) is 2.